The van der Waals surface area contributed by atoms with Crippen molar-refractivity contribution < 1.29 is 4.74 Å². The standard InChI is InChI=1S/C9H18N4O/c1-3-10-5-4-9-12-11-8-13(9)6-7-14-2/h8,10H,3-7H2,1-2H3. The Bertz CT molecular complexity index is 249. The zero-order valence-corrected chi connectivity index (χ0v) is 8.86. The van der Waals surface area contributed by atoms with Crippen LogP contribution in [0.3, 0.4) is 0 Å². The molecule has 80 valence electrons. The summed E-state index contributed by atoms with van der Waals surface area (Å²) in [5.41, 5.74) is 0. The van der Waals surface area contributed by atoms with Crippen molar-refractivity contribution in [1.82, 2.24) is 20.1 Å². The van der Waals surface area contributed by atoms with Crippen LogP contribution in [0.4, 0.5) is 0 Å². The molecule has 1 heterocycles. The van der Waals surface area contributed by atoms with Crippen LogP contribution in [0, 0.1) is 0 Å². The van der Waals surface area contributed by atoms with Gasteiger partial charge in [-0.05, 0) is 6.54 Å². The SMILES string of the molecule is CCNCCc1nncn1CCOC. The van der Waals surface area contributed by atoms with Crippen molar-refractivity contribution in [3.8, 4) is 0 Å². The fourth-order valence-corrected chi connectivity index (χ4v) is 1.23. The normalized spacial score (nSPS) is 10.7. The van der Waals surface area contributed by atoms with Gasteiger partial charge >= 0.3 is 0 Å². The van der Waals surface area contributed by atoms with Crippen molar-refractivity contribution in [3.63, 3.8) is 0 Å². The van der Waals surface area contributed by atoms with Gasteiger partial charge in [0.15, 0.2) is 0 Å². The smallest absolute Gasteiger partial charge is 0.134 e. The lowest BCUT2D eigenvalue weighted by Crippen LogP contribution is -2.18. The predicted molar refractivity (Wildman–Crippen MR) is 54.1 cm³/mol. The number of hydrogen-bond donors (Lipinski definition) is 1. The number of nitrogens with one attached hydrogen (secondary N) is 1. The molecule has 5 heteroatoms. The van der Waals surface area contributed by atoms with Gasteiger partial charge in [0.25, 0.3) is 0 Å². The second-order valence-electron chi connectivity index (χ2n) is 3.04. The molecule has 1 aromatic heterocycles. The number of ether oxygens (including phenoxy) is 1. The Hall–Kier alpha value is -0.940. The second-order valence-corrected chi connectivity index (χ2v) is 3.04. The van der Waals surface area contributed by atoms with E-state index in [2.05, 4.69) is 22.4 Å². The van der Waals surface area contributed by atoms with Crippen LogP contribution in [-0.4, -0.2) is 41.6 Å². The lowest BCUT2D eigenvalue weighted by molar-refractivity contribution is 0.186. The predicted octanol–water partition coefficient (Wildman–Crippen LogP) is 0.0765. The third-order valence-corrected chi connectivity index (χ3v) is 2.01. The Morgan fingerprint density at radius 3 is 3.14 bits per heavy atom. The second kappa shape index (κ2) is 6.50. The lowest BCUT2D eigenvalue weighted by atomic mass is 10.4. The first-order chi connectivity index (χ1) is 6.88. The number of nitrogens with zero attached hydrogens (tertiary/aromatic N) is 3. The van der Waals surface area contributed by atoms with Crippen molar-refractivity contribution in [2.24, 2.45) is 0 Å². The lowest BCUT2D eigenvalue weighted by Gasteiger charge is -2.05. The number of likely N-dealkylation sites (N-methyl/N-ethyl adjacent to an activating group) is 1. The summed E-state index contributed by atoms with van der Waals surface area (Å²) < 4.78 is 7.03. The third-order valence-electron chi connectivity index (χ3n) is 2.01. The molecule has 0 bridgehead atoms. The van der Waals surface area contributed by atoms with Gasteiger partial charge in [-0.1, -0.05) is 6.92 Å². The van der Waals surface area contributed by atoms with Crippen LogP contribution in [0.15, 0.2) is 6.33 Å². The first kappa shape index (κ1) is 11.1. The molecule has 0 aliphatic heterocycles. The molecule has 0 saturated carbocycles. The molecule has 0 aliphatic carbocycles. The number of rotatable bonds is 7. The van der Waals surface area contributed by atoms with Crippen molar-refractivity contribution in [3.05, 3.63) is 12.2 Å². The molecule has 0 saturated heterocycles. The van der Waals surface area contributed by atoms with Crippen LogP contribution in [0.1, 0.15) is 12.7 Å². The highest BCUT2D eigenvalue weighted by Gasteiger charge is 2.02. The molecule has 1 aromatic rings. The molecule has 0 atom stereocenters. The van der Waals surface area contributed by atoms with Gasteiger partial charge in [-0.15, -0.1) is 10.2 Å². The summed E-state index contributed by atoms with van der Waals surface area (Å²) in [6.45, 7) is 5.56. The Kier molecular flexibility index (Phi) is 5.17. The summed E-state index contributed by atoms with van der Waals surface area (Å²) in [7, 11) is 1.70. The summed E-state index contributed by atoms with van der Waals surface area (Å²) >= 11 is 0. The Morgan fingerprint density at radius 1 is 1.57 bits per heavy atom. The van der Waals surface area contributed by atoms with Crippen molar-refractivity contribution in [2.45, 2.75) is 19.9 Å². The molecule has 0 radical (unpaired) electrons. The summed E-state index contributed by atoms with van der Waals surface area (Å²) in [6.07, 6.45) is 2.66. The van der Waals surface area contributed by atoms with Crippen LogP contribution < -0.4 is 5.32 Å². The van der Waals surface area contributed by atoms with Crippen LogP contribution in [0.2, 0.25) is 0 Å². The van der Waals surface area contributed by atoms with Gasteiger partial charge in [0, 0.05) is 26.6 Å². The van der Waals surface area contributed by atoms with Crippen LogP contribution in [-0.2, 0) is 17.7 Å². The van der Waals surface area contributed by atoms with Crippen LogP contribution in [0.5, 0.6) is 0 Å². The van der Waals surface area contributed by atoms with Gasteiger partial charge in [-0.25, -0.2) is 0 Å². The topological polar surface area (TPSA) is 52.0 Å². The number of hydrogen-bond acceptors (Lipinski definition) is 4. The van der Waals surface area contributed by atoms with Crippen molar-refractivity contribution >= 4 is 0 Å². The Labute approximate surface area is 84.5 Å². The summed E-state index contributed by atoms with van der Waals surface area (Å²) in [6, 6.07) is 0. The van der Waals surface area contributed by atoms with E-state index in [4.69, 9.17) is 4.74 Å². The van der Waals surface area contributed by atoms with Crippen molar-refractivity contribution in [1.29, 1.82) is 0 Å². The average molecular weight is 198 g/mol. The van der Waals surface area contributed by atoms with E-state index in [9.17, 15) is 0 Å². The van der Waals surface area contributed by atoms with E-state index < -0.39 is 0 Å². The molecule has 0 amide bonds. The maximum Gasteiger partial charge on any atom is 0.134 e. The third kappa shape index (κ3) is 3.43. The Balaban J connectivity index is 2.37. The number of methoxy groups -OCH3 is 1. The summed E-state index contributed by atoms with van der Waals surface area (Å²) in [4.78, 5) is 0. The molecule has 5 nitrogen and oxygen atoms in total. The highest BCUT2D eigenvalue weighted by atomic mass is 16.5. The molecule has 14 heavy (non-hydrogen) atoms. The fourth-order valence-electron chi connectivity index (χ4n) is 1.23. The van der Waals surface area contributed by atoms with Gasteiger partial charge in [0.2, 0.25) is 0 Å². The van der Waals surface area contributed by atoms with Crippen molar-refractivity contribution in [2.75, 3.05) is 26.8 Å². The molecule has 0 fully saturated rings. The maximum atomic E-state index is 5.00. The summed E-state index contributed by atoms with van der Waals surface area (Å²) in [5, 5.41) is 11.2. The maximum absolute atomic E-state index is 5.00. The highest BCUT2D eigenvalue weighted by molar-refractivity contribution is 4.86. The van der Waals surface area contributed by atoms with Gasteiger partial charge in [-0.3, -0.25) is 0 Å². The van der Waals surface area contributed by atoms with Gasteiger partial charge in [-0.2, -0.15) is 0 Å². The molecule has 0 aliphatic rings. The van der Waals surface area contributed by atoms with Gasteiger partial charge < -0.3 is 14.6 Å². The number of aromatic nitrogens is 3. The Morgan fingerprint density at radius 2 is 2.43 bits per heavy atom. The fraction of sp³-hybridized carbons (Fsp3) is 0.778. The van der Waals surface area contributed by atoms with Gasteiger partial charge in [0.05, 0.1) is 6.61 Å². The average Bonchev–Trinajstić information content (AvgIpc) is 2.63. The van der Waals surface area contributed by atoms with E-state index in [1.54, 1.807) is 13.4 Å². The molecular weight excluding hydrogens is 180 g/mol. The minimum Gasteiger partial charge on any atom is -0.383 e. The molecule has 0 spiro atoms. The van der Waals surface area contributed by atoms with Gasteiger partial charge in [0.1, 0.15) is 12.2 Å². The summed E-state index contributed by atoms with van der Waals surface area (Å²) in [5.74, 6) is 1.02. The largest absolute Gasteiger partial charge is 0.383 e. The molecule has 0 aromatic carbocycles. The van der Waals surface area contributed by atoms with E-state index in [1.807, 2.05) is 4.57 Å². The molecule has 1 N–H and O–H groups in total. The zero-order valence-electron chi connectivity index (χ0n) is 8.86. The van der Waals surface area contributed by atoms with E-state index in [0.29, 0.717) is 6.61 Å². The first-order valence-corrected chi connectivity index (χ1v) is 4.94. The zero-order chi connectivity index (χ0) is 10.2. The van der Waals surface area contributed by atoms with E-state index in [1.165, 1.54) is 0 Å². The minimum absolute atomic E-state index is 0.701. The minimum atomic E-state index is 0.701. The quantitative estimate of drug-likeness (QED) is 0.630. The highest BCUT2D eigenvalue weighted by Crippen LogP contribution is 1.95. The van der Waals surface area contributed by atoms with Crippen LogP contribution >= 0.6 is 0 Å². The monoisotopic (exact) mass is 198 g/mol. The molecular formula is C9H18N4O. The molecule has 1 rings (SSSR count). The van der Waals surface area contributed by atoms with E-state index in [-0.39, 0.29) is 0 Å². The van der Waals surface area contributed by atoms with E-state index in [0.717, 1.165) is 31.9 Å². The molecule has 0 unspecified atom stereocenters. The van der Waals surface area contributed by atoms with Crippen LogP contribution in [0.25, 0.3) is 0 Å². The first-order valence-electron chi connectivity index (χ1n) is 4.94. The van der Waals surface area contributed by atoms with E-state index >= 15 is 0 Å².